The Balaban J connectivity index is 2.37. The molecular weight excluding hydrogens is 324 g/mol. The molecule has 1 aromatic heterocycles. The van der Waals surface area contributed by atoms with E-state index in [4.69, 9.17) is 4.74 Å². The molecule has 0 amide bonds. The maximum atomic E-state index is 12.8. The molecule has 0 aliphatic rings. The van der Waals surface area contributed by atoms with Crippen LogP contribution in [0.5, 0.6) is 0 Å². The molecule has 1 heterocycles. The summed E-state index contributed by atoms with van der Waals surface area (Å²) in [5, 5.41) is 1.15. The summed E-state index contributed by atoms with van der Waals surface area (Å²) in [5.41, 5.74) is 0.0561. The standard InChI is InChI=1S/C18H24N2O3S/c1-6-12(2)20-16(22)13-9-7-8-10-14(13)19-17(20)24-11-15(21)23-18(3,4)5/h7-10,12H,6,11H2,1-5H3/t12-/m0/s1. The largest absolute Gasteiger partial charge is 0.459 e. The van der Waals surface area contributed by atoms with E-state index in [1.807, 2.05) is 52.8 Å². The first kappa shape index (κ1) is 18.5. The Hall–Kier alpha value is -1.82. The lowest BCUT2D eigenvalue weighted by Crippen LogP contribution is -2.27. The number of nitrogens with zero attached hydrogens (tertiary/aromatic N) is 2. The lowest BCUT2D eigenvalue weighted by atomic mass is 10.2. The molecule has 0 N–H and O–H groups in total. The summed E-state index contributed by atoms with van der Waals surface area (Å²) in [5.74, 6) is -0.191. The van der Waals surface area contributed by atoms with E-state index < -0.39 is 5.60 Å². The number of ether oxygens (including phenoxy) is 1. The van der Waals surface area contributed by atoms with Crippen LogP contribution in [0.1, 0.15) is 47.1 Å². The molecule has 0 bridgehead atoms. The summed E-state index contributed by atoms with van der Waals surface area (Å²) in [6.45, 7) is 9.50. The summed E-state index contributed by atoms with van der Waals surface area (Å²) >= 11 is 1.25. The molecule has 0 aliphatic heterocycles. The summed E-state index contributed by atoms with van der Waals surface area (Å²) in [6.07, 6.45) is 0.805. The number of carbonyl (C=O) groups is 1. The summed E-state index contributed by atoms with van der Waals surface area (Å²) < 4.78 is 7.01. The first-order valence-electron chi connectivity index (χ1n) is 8.09. The normalized spacial score (nSPS) is 13.0. The topological polar surface area (TPSA) is 61.2 Å². The molecule has 0 saturated carbocycles. The van der Waals surface area contributed by atoms with Gasteiger partial charge in [0, 0.05) is 6.04 Å². The number of benzene rings is 1. The van der Waals surface area contributed by atoms with Gasteiger partial charge in [0.2, 0.25) is 0 Å². The van der Waals surface area contributed by atoms with Gasteiger partial charge in [0.05, 0.1) is 16.7 Å². The third kappa shape index (κ3) is 4.38. The Labute approximate surface area is 146 Å². The number of para-hydroxylation sites is 1. The van der Waals surface area contributed by atoms with Gasteiger partial charge in [0.25, 0.3) is 5.56 Å². The number of carbonyl (C=O) groups excluding carboxylic acids is 1. The van der Waals surface area contributed by atoms with Crippen LogP contribution in [0.2, 0.25) is 0 Å². The molecule has 0 saturated heterocycles. The van der Waals surface area contributed by atoms with E-state index in [0.29, 0.717) is 16.1 Å². The van der Waals surface area contributed by atoms with Crippen LogP contribution >= 0.6 is 11.8 Å². The number of rotatable bonds is 5. The minimum atomic E-state index is -0.523. The molecule has 1 atom stereocenters. The predicted octanol–water partition coefficient (Wildman–Crippen LogP) is 3.80. The van der Waals surface area contributed by atoms with Crippen molar-refractivity contribution in [3.8, 4) is 0 Å². The Bertz CT molecular complexity index is 793. The highest BCUT2D eigenvalue weighted by atomic mass is 32.2. The lowest BCUT2D eigenvalue weighted by Gasteiger charge is -2.20. The van der Waals surface area contributed by atoms with Gasteiger partial charge in [-0.2, -0.15) is 0 Å². The second kappa shape index (κ2) is 7.38. The Morgan fingerprint density at radius 2 is 2.00 bits per heavy atom. The summed E-state index contributed by atoms with van der Waals surface area (Å²) in [6, 6.07) is 7.29. The van der Waals surface area contributed by atoms with Gasteiger partial charge in [-0.1, -0.05) is 30.8 Å². The molecule has 6 heteroatoms. The number of aromatic nitrogens is 2. The van der Waals surface area contributed by atoms with Crippen LogP contribution in [0.15, 0.2) is 34.2 Å². The number of esters is 1. The number of fused-ring (bicyclic) bond motifs is 1. The molecule has 2 aromatic rings. The SMILES string of the molecule is CC[C@H](C)n1c(SCC(=O)OC(C)(C)C)nc2ccccc2c1=O. The van der Waals surface area contributed by atoms with E-state index in [1.165, 1.54) is 11.8 Å². The Morgan fingerprint density at radius 3 is 2.62 bits per heavy atom. The van der Waals surface area contributed by atoms with Crippen LogP contribution in [0, 0.1) is 0 Å². The van der Waals surface area contributed by atoms with E-state index in [1.54, 1.807) is 10.6 Å². The molecule has 1 aromatic carbocycles. The van der Waals surface area contributed by atoms with Gasteiger partial charge in [-0.3, -0.25) is 14.2 Å². The quantitative estimate of drug-likeness (QED) is 0.467. The predicted molar refractivity (Wildman–Crippen MR) is 97.6 cm³/mol. The van der Waals surface area contributed by atoms with Crippen molar-refractivity contribution in [2.45, 2.75) is 57.8 Å². The minimum Gasteiger partial charge on any atom is -0.459 e. The monoisotopic (exact) mass is 348 g/mol. The highest BCUT2D eigenvalue weighted by molar-refractivity contribution is 7.99. The Kier molecular flexibility index (Phi) is 5.70. The van der Waals surface area contributed by atoms with Crippen LogP contribution in [0.4, 0.5) is 0 Å². The highest BCUT2D eigenvalue weighted by Crippen LogP contribution is 2.23. The maximum absolute atomic E-state index is 12.8. The van der Waals surface area contributed by atoms with E-state index >= 15 is 0 Å². The number of thioether (sulfide) groups is 1. The van der Waals surface area contributed by atoms with Crippen molar-refractivity contribution < 1.29 is 9.53 Å². The summed E-state index contributed by atoms with van der Waals surface area (Å²) in [7, 11) is 0. The van der Waals surface area contributed by atoms with Crippen molar-refractivity contribution in [2.24, 2.45) is 0 Å². The van der Waals surface area contributed by atoms with Gasteiger partial charge in [-0.05, 0) is 46.2 Å². The molecule has 0 fully saturated rings. The first-order valence-corrected chi connectivity index (χ1v) is 9.07. The number of hydrogen-bond donors (Lipinski definition) is 0. The van der Waals surface area contributed by atoms with Gasteiger partial charge in [-0.25, -0.2) is 4.98 Å². The second-order valence-electron chi connectivity index (χ2n) is 6.72. The fourth-order valence-corrected chi connectivity index (χ4v) is 3.16. The zero-order valence-electron chi connectivity index (χ0n) is 14.8. The van der Waals surface area contributed by atoms with Crippen LogP contribution in [-0.4, -0.2) is 26.9 Å². The second-order valence-corrected chi connectivity index (χ2v) is 7.66. The lowest BCUT2D eigenvalue weighted by molar-refractivity contribution is -0.151. The Morgan fingerprint density at radius 1 is 1.33 bits per heavy atom. The van der Waals surface area contributed by atoms with Crippen LogP contribution < -0.4 is 5.56 Å². The van der Waals surface area contributed by atoms with Crippen molar-refractivity contribution in [1.29, 1.82) is 0 Å². The van der Waals surface area contributed by atoms with Gasteiger partial charge < -0.3 is 4.74 Å². The van der Waals surface area contributed by atoms with Gasteiger partial charge in [-0.15, -0.1) is 0 Å². The van der Waals surface area contributed by atoms with Gasteiger partial charge in [0.1, 0.15) is 5.60 Å². The molecule has 24 heavy (non-hydrogen) atoms. The van der Waals surface area contributed by atoms with E-state index in [0.717, 1.165) is 6.42 Å². The van der Waals surface area contributed by atoms with Gasteiger partial charge >= 0.3 is 5.97 Å². The van der Waals surface area contributed by atoms with Crippen LogP contribution in [0.3, 0.4) is 0 Å². The molecule has 0 radical (unpaired) electrons. The fourth-order valence-electron chi connectivity index (χ4n) is 2.29. The molecule has 0 spiro atoms. The zero-order chi connectivity index (χ0) is 17.9. The van der Waals surface area contributed by atoms with Crippen molar-refractivity contribution in [3.63, 3.8) is 0 Å². The molecule has 0 aliphatic carbocycles. The molecular formula is C18H24N2O3S. The average Bonchev–Trinajstić information content (AvgIpc) is 2.51. The van der Waals surface area contributed by atoms with Crippen molar-refractivity contribution in [3.05, 3.63) is 34.6 Å². The number of hydrogen-bond acceptors (Lipinski definition) is 5. The van der Waals surface area contributed by atoms with E-state index in [-0.39, 0.29) is 23.3 Å². The first-order chi connectivity index (χ1) is 11.2. The van der Waals surface area contributed by atoms with E-state index in [2.05, 4.69) is 4.98 Å². The zero-order valence-corrected chi connectivity index (χ0v) is 15.6. The van der Waals surface area contributed by atoms with Crippen LogP contribution in [-0.2, 0) is 9.53 Å². The van der Waals surface area contributed by atoms with Gasteiger partial charge in [0.15, 0.2) is 5.16 Å². The summed E-state index contributed by atoms with van der Waals surface area (Å²) in [4.78, 5) is 29.4. The third-order valence-corrected chi connectivity index (χ3v) is 4.47. The average molecular weight is 348 g/mol. The van der Waals surface area contributed by atoms with Crippen molar-refractivity contribution >= 4 is 28.6 Å². The van der Waals surface area contributed by atoms with Crippen LogP contribution in [0.25, 0.3) is 10.9 Å². The van der Waals surface area contributed by atoms with E-state index in [9.17, 15) is 9.59 Å². The van der Waals surface area contributed by atoms with Crippen molar-refractivity contribution in [1.82, 2.24) is 9.55 Å². The molecule has 2 rings (SSSR count). The highest BCUT2D eigenvalue weighted by Gasteiger charge is 2.19. The van der Waals surface area contributed by atoms with Crippen molar-refractivity contribution in [2.75, 3.05) is 5.75 Å². The fraction of sp³-hybridized carbons (Fsp3) is 0.500. The molecule has 5 nitrogen and oxygen atoms in total. The molecule has 0 unspecified atom stereocenters. The smallest absolute Gasteiger partial charge is 0.316 e. The maximum Gasteiger partial charge on any atom is 0.316 e. The third-order valence-electron chi connectivity index (χ3n) is 3.55. The molecule has 130 valence electrons. The minimum absolute atomic E-state index is 0.00995.